The molecule has 1 aliphatic heterocycles. The highest BCUT2D eigenvalue weighted by Gasteiger charge is 2.22. The average molecular weight is 277 g/mol. The van der Waals surface area contributed by atoms with Crippen LogP contribution < -0.4 is 21.1 Å². The SMILES string of the molecule is Nc1cc2c(cc1NC1CCC(O)CC1)NC(=O)CO2. The molecule has 1 aromatic carbocycles. The summed E-state index contributed by atoms with van der Waals surface area (Å²) in [6, 6.07) is 3.85. The molecule has 0 bridgehead atoms. The average Bonchev–Trinajstić information content (AvgIpc) is 2.42. The Morgan fingerprint density at radius 3 is 2.80 bits per heavy atom. The van der Waals surface area contributed by atoms with Gasteiger partial charge in [0, 0.05) is 12.1 Å². The maximum atomic E-state index is 11.3. The van der Waals surface area contributed by atoms with Crippen LogP contribution in [-0.4, -0.2) is 29.8 Å². The van der Waals surface area contributed by atoms with Gasteiger partial charge in [0.1, 0.15) is 5.75 Å². The third kappa shape index (κ3) is 2.65. The molecule has 1 aliphatic carbocycles. The van der Waals surface area contributed by atoms with Crippen molar-refractivity contribution in [1.29, 1.82) is 0 Å². The number of fused-ring (bicyclic) bond motifs is 1. The molecule has 1 fully saturated rings. The molecule has 1 saturated carbocycles. The normalized spacial score (nSPS) is 25.4. The van der Waals surface area contributed by atoms with Gasteiger partial charge in [-0.2, -0.15) is 0 Å². The van der Waals surface area contributed by atoms with Gasteiger partial charge < -0.3 is 26.2 Å². The first-order valence-electron chi connectivity index (χ1n) is 6.92. The number of nitrogens with one attached hydrogen (secondary N) is 2. The zero-order chi connectivity index (χ0) is 14.1. The summed E-state index contributed by atoms with van der Waals surface area (Å²) in [4.78, 5) is 11.3. The first-order chi connectivity index (χ1) is 9.61. The molecule has 108 valence electrons. The van der Waals surface area contributed by atoms with Gasteiger partial charge in [0.2, 0.25) is 0 Å². The minimum Gasteiger partial charge on any atom is -0.482 e. The Bertz CT molecular complexity index is 525. The number of rotatable bonds is 2. The third-order valence-electron chi connectivity index (χ3n) is 3.84. The lowest BCUT2D eigenvalue weighted by atomic mass is 9.93. The van der Waals surface area contributed by atoms with Crippen molar-refractivity contribution in [2.75, 3.05) is 23.0 Å². The number of ether oxygens (including phenoxy) is 1. The molecular formula is C14H19N3O3. The fourth-order valence-electron chi connectivity index (χ4n) is 2.71. The fourth-order valence-corrected chi connectivity index (χ4v) is 2.71. The molecule has 0 unspecified atom stereocenters. The molecule has 6 heteroatoms. The lowest BCUT2D eigenvalue weighted by Gasteiger charge is -2.28. The summed E-state index contributed by atoms with van der Waals surface area (Å²) in [5, 5.41) is 15.7. The van der Waals surface area contributed by atoms with Gasteiger partial charge in [0.25, 0.3) is 5.91 Å². The Morgan fingerprint density at radius 2 is 2.05 bits per heavy atom. The van der Waals surface area contributed by atoms with E-state index in [1.165, 1.54) is 0 Å². The molecule has 2 aliphatic rings. The third-order valence-corrected chi connectivity index (χ3v) is 3.84. The van der Waals surface area contributed by atoms with Crippen molar-refractivity contribution < 1.29 is 14.6 Å². The largest absolute Gasteiger partial charge is 0.482 e. The van der Waals surface area contributed by atoms with Gasteiger partial charge in [0.05, 0.1) is 23.2 Å². The van der Waals surface area contributed by atoms with Crippen LogP contribution in [0.2, 0.25) is 0 Å². The summed E-state index contributed by atoms with van der Waals surface area (Å²) in [6.45, 7) is 0.0275. The Hall–Kier alpha value is -1.95. The lowest BCUT2D eigenvalue weighted by Crippen LogP contribution is -2.29. The number of carbonyl (C=O) groups is 1. The van der Waals surface area contributed by atoms with Crippen LogP contribution in [0.3, 0.4) is 0 Å². The molecule has 5 N–H and O–H groups in total. The maximum absolute atomic E-state index is 11.3. The number of carbonyl (C=O) groups excluding carboxylic acids is 1. The van der Waals surface area contributed by atoms with Crippen molar-refractivity contribution >= 4 is 23.0 Å². The number of nitrogen functional groups attached to an aromatic ring is 1. The van der Waals surface area contributed by atoms with Crippen LogP contribution in [0.5, 0.6) is 5.75 Å². The first-order valence-corrected chi connectivity index (χ1v) is 6.92. The van der Waals surface area contributed by atoms with Crippen LogP contribution in [0.15, 0.2) is 12.1 Å². The van der Waals surface area contributed by atoms with E-state index in [1.54, 1.807) is 6.07 Å². The highest BCUT2D eigenvalue weighted by molar-refractivity contribution is 5.97. The van der Waals surface area contributed by atoms with Gasteiger partial charge in [-0.3, -0.25) is 4.79 Å². The van der Waals surface area contributed by atoms with Crippen molar-refractivity contribution in [2.45, 2.75) is 37.8 Å². The van der Waals surface area contributed by atoms with Crippen molar-refractivity contribution in [1.82, 2.24) is 0 Å². The molecule has 0 atom stereocenters. The summed E-state index contributed by atoms with van der Waals surface area (Å²) in [5.41, 5.74) is 8.07. The first kappa shape index (κ1) is 13.1. The highest BCUT2D eigenvalue weighted by atomic mass is 16.5. The number of aliphatic hydroxyl groups excluding tert-OH is 1. The fraction of sp³-hybridized carbons (Fsp3) is 0.500. The Morgan fingerprint density at radius 1 is 1.30 bits per heavy atom. The van der Waals surface area contributed by atoms with E-state index in [-0.39, 0.29) is 18.6 Å². The van der Waals surface area contributed by atoms with E-state index in [2.05, 4.69) is 10.6 Å². The summed E-state index contributed by atoms with van der Waals surface area (Å²) in [7, 11) is 0. The molecule has 0 aromatic heterocycles. The molecule has 1 aromatic rings. The Kier molecular flexibility index (Phi) is 3.40. The number of hydrogen-bond donors (Lipinski definition) is 4. The van der Waals surface area contributed by atoms with E-state index in [1.807, 2.05) is 6.07 Å². The van der Waals surface area contributed by atoms with Crippen molar-refractivity contribution in [3.05, 3.63) is 12.1 Å². The van der Waals surface area contributed by atoms with Crippen molar-refractivity contribution in [3.63, 3.8) is 0 Å². The predicted octanol–water partition coefficient (Wildman–Crippen LogP) is 1.32. The van der Waals surface area contributed by atoms with Gasteiger partial charge in [-0.25, -0.2) is 0 Å². The number of benzene rings is 1. The minimum atomic E-state index is -0.179. The summed E-state index contributed by atoms with van der Waals surface area (Å²) < 4.78 is 5.32. The molecule has 1 heterocycles. The van der Waals surface area contributed by atoms with Gasteiger partial charge in [-0.1, -0.05) is 0 Å². The molecule has 0 spiro atoms. The molecule has 3 rings (SSSR count). The van der Waals surface area contributed by atoms with Gasteiger partial charge in [-0.05, 0) is 31.7 Å². The van der Waals surface area contributed by atoms with Crippen LogP contribution in [0.25, 0.3) is 0 Å². The molecule has 0 saturated heterocycles. The summed E-state index contributed by atoms with van der Waals surface area (Å²) in [5.74, 6) is 0.445. The van der Waals surface area contributed by atoms with E-state index < -0.39 is 0 Å². The Balaban J connectivity index is 1.76. The van der Waals surface area contributed by atoms with Crippen LogP contribution >= 0.6 is 0 Å². The smallest absolute Gasteiger partial charge is 0.262 e. The minimum absolute atomic E-state index is 0.0275. The van der Waals surface area contributed by atoms with Gasteiger partial charge >= 0.3 is 0 Å². The van der Waals surface area contributed by atoms with Gasteiger partial charge in [0.15, 0.2) is 6.61 Å². The van der Waals surface area contributed by atoms with E-state index in [0.29, 0.717) is 23.2 Å². The topological polar surface area (TPSA) is 96.6 Å². The van der Waals surface area contributed by atoms with E-state index in [9.17, 15) is 9.90 Å². The zero-order valence-electron chi connectivity index (χ0n) is 11.2. The van der Waals surface area contributed by atoms with Crippen LogP contribution in [0.4, 0.5) is 17.1 Å². The van der Waals surface area contributed by atoms with Gasteiger partial charge in [-0.15, -0.1) is 0 Å². The van der Waals surface area contributed by atoms with Crippen LogP contribution in [0, 0.1) is 0 Å². The number of amides is 1. The van der Waals surface area contributed by atoms with Crippen molar-refractivity contribution in [3.8, 4) is 5.75 Å². The van der Waals surface area contributed by atoms with Crippen LogP contribution in [-0.2, 0) is 4.79 Å². The standard InChI is InChI=1S/C14H19N3O3/c15-10-5-13-12(17-14(19)7-20-13)6-11(10)16-8-1-3-9(18)4-2-8/h5-6,8-9,16,18H,1-4,7,15H2,(H,17,19). The van der Waals surface area contributed by atoms with Crippen LogP contribution in [0.1, 0.15) is 25.7 Å². The number of hydrogen-bond acceptors (Lipinski definition) is 5. The number of nitrogens with two attached hydrogens (primary N) is 1. The lowest BCUT2D eigenvalue weighted by molar-refractivity contribution is -0.118. The monoisotopic (exact) mass is 277 g/mol. The second kappa shape index (κ2) is 5.20. The van der Waals surface area contributed by atoms with Crippen molar-refractivity contribution in [2.24, 2.45) is 0 Å². The summed E-state index contributed by atoms with van der Waals surface area (Å²) >= 11 is 0. The van der Waals surface area contributed by atoms with E-state index >= 15 is 0 Å². The Labute approximate surface area is 117 Å². The number of aliphatic hydroxyl groups is 1. The predicted molar refractivity (Wildman–Crippen MR) is 76.9 cm³/mol. The maximum Gasteiger partial charge on any atom is 0.262 e. The zero-order valence-corrected chi connectivity index (χ0v) is 11.2. The second-order valence-corrected chi connectivity index (χ2v) is 5.42. The highest BCUT2D eigenvalue weighted by Crippen LogP contribution is 2.36. The second-order valence-electron chi connectivity index (χ2n) is 5.42. The van der Waals surface area contributed by atoms with E-state index in [0.717, 1.165) is 31.4 Å². The molecule has 20 heavy (non-hydrogen) atoms. The molecule has 6 nitrogen and oxygen atoms in total. The molecule has 1 amide bonds. The summed E-state index contributed by atoms with van der Waals surface area (Å²) in [6.07, 6.45) is 3.27. The quantitative estimate of drug-likeness (QED) is 0.611. The van der Waals surface area contributed by atoms with E-state index in [4.69, 9.17) is 10.5 Å². The molecule has 0 radical (unpaired) electrons. The molecular weight excluding hydrogens is 258 g/mol. The number of anilines is 3.